The van der Waals surface area contributed by atoms with Crippen molar-refractivity contribution in [3.8, 4) is 12.3 Å². The molecule has 0 aliphatic heterocycles. The summed E-state index contributed by atoms with van der Waals surface area (Å²) in [5.74, 6) is 2.12. The Labute approximate surface area is 107 Å². The summed E-state index contributed by atoms with van der Waals surface area (Å²) < 4.78 is 3.07. The number of terminal acetylenes is 1. The highest BCUT2D eigenvalue weighted by Crippen LogP contribution is 2.25. The molecule has 3 aromatic rings. The number of thiazole rings is 1. The lowest BCUT2D eigenvalue weighted by molar-refractivity contribution is 0.0954. The molecule has 18 heavy (non-hydrogen) atoms. The Morgan fingerprint density at radius 3 is 3.17 bits per heavy atom. The zero-order chi connectivity index (χ0) is 12.5. The van der Waals surface area contributed by atoms with Crippen LogP contribution >= 0.6 is 11.3 Å². The Bertz CT molecular complexity index is 778. The van der Waals surface area contributed by atoms with Crippen LogP contribution in [0.15, 0.2) is 30.5 Å². The van der Waals surface area contributed by atoms with Gasteiger partial charge >= 0.3 is 0 Å². The van der Waals surface area contributed by atoms with E-state index < -0.39 is 0 Å². The Kier molecular flexibility index (Phi) is 2.50. The van der Waals surface area contributed by atoms with Crippen molar-refractivity contribution in [1.82, 2.24) is 14.7 Å². The van der Waals surface area contributed by atoms with E-state index in [0.29, 0.717) is 5.69 Å². The largest absolute Gasteiger partial charge is 0.340 e. The molecule has 0 unspecified atom stereocenters. The third-order valence-electron chi connectivity index (χ3n) is 2.58. The molecule has 1 amide bonds. The van der Waals surface area contributed by atoms with Gasteiger partial charge < -0.3 is 5.32 Å². The molecule has 0 spiro atoms. The summed E-state index contributed by atoms with van der Waals surface area (Å²) in [6, 6.07) is 7.99. The highest BCUT2D eigenvalue weighted by molar-refractivity contribution is 7.23. The molecule has 0 bridgehead atoms. The second kappa shape index (κ2) is 4.17. The number of para-hydroxylation sites is 1. The molecule has 0 atom stereocenters. The van der Waals surface area contributed by atoms with Gasteiger partial charge in [0, 0.05) is 6.20 Å². The summed E-state index contributed by atoms with van der Waals surface area (Å²) in [6.07, 6.45) is 6.83. The zero-order valence-electron chi connectivity index (χ0n) is 9.38. The first kappa shape index (κ1) is 10.8. The zero-order valence-corrected chi connectivity index (χ0v) is 10.2. The predicted molar refractivity (Wildman–Crippen MR) is 71.7 cm³/mol. The minimum atomic E-state index is -0.243. The minimum Gasteiger partial charge on any atom is -0.340 e. The SMILES string of the molecule is C#CCNC(=O)c1cn2c(n1)sc1ccccc12. The maximum atomic E-state index is 11.7. The molecular formula is C13H9N3OS. The number of nitrogens with zero attached hydrogens (tertiary/aromatic N) is 2. The monoisotopic (exact) mass is 255 g/mol. The van der Waals surface area contributed by atoms with E-state index in [0.717, 1.165) is 15.2 Å². The Morgan fingerprint density at radius 1 is 1.50 bits per heavy atom. The molecule has 0 saturated heterocycles. The topological polar surface area (TPSA) is 46.4 Å². The maximum absolute atomic E-state index is 11.7. The third kappa shape index (κ3) is 1.63. The van der Waals surface area contributed by atoms with E-state index in [1.54, 1.807) is 17.5 Å². The van der Waals surface area contributed by atoms with Gasteiger partial charge in [-0.1, -0.05) is 29.4 Å². The van der Waals surface area contributed by atoms with Crippen molar-refractivity contribution in [2.45, 2.75) is 0 Å². The van der Waals surface area contributed by atoms with Crippen LogP contribution in [0.4, 0.5) is 0 Å². The molecule has 4 nitrogen and oxygen atoms in total. The Hall–Kier alpha value is -2.32. The molecule has 2 heterocycles. The number of benzene rings is 1. The van der Waals surface area contributed by atoms with Gasteiger partial charge in [-0.25, -0.2) is 4.98 Å². The van der Waals surface area contributed by atoms with Crippen molar-refractivity contribution in [2.75, 3.05) is 6.54 Å². The average molecular weight is 255 g/mol. The Balaban J connectivity index is 2.07. The number of rotatable bonds is 2. The molecule has 0 fully saturated rings. The number of hydrogen-bond acceptors (Lipinski definition) is 3. The molecule has 3 rings (SSSR count). The van der Waals surface area contributed by atoms with Gasteiger partial charge in [0.05, 0.1) is 16.8 Å². The first-order valence-electron chi connectivity index (χ1n) is 5.38. The number of fused-ring (bicyclic) bond motifs is 3. The quantitative estimate of drug-likeness (QED) is 0.711. The lowest BCUT2D eigenvalue weighted by Gasteiger charge is -1.95. The summed E-state index contributed by atoms with van der Waals surface area (Å²) in [7, 11) is 0. The molecule has 5 heteroatoms. The standard InChI is InChI=1S/C13H9N3OS/c1-2-7-14-12(17)9-8-16-10-5-3-4-6-11(10)18-13(16)15-9/h1,3-6,8H,7H2,(H,14,17). The maximum Gasteiger partial charge on any atom is 0.272 e. The summed E-state index contributed by atoms with van der Waals surface area (Å²) in [5, 5.41) is 2.60. The number of hydrogen-bond donors (Lipinski definition) is 1. The van der Waals surface area contributed by atoms with Gasteiger partial charge in [-0.3, -0.25) is 9.20 Å². The number of carbonyl (C=O) groups excluding carboxylic acids is 1. The second-order valence-electron chi connectivity index (χ2n) is 3.74. The van der Waals surface area contributed by atoms with Crippen LogP contribution in [0.5, 0.6) is 0 Å². The van der Waals surface area contributed by atoms with Crippen molar-refractivity contribution < 1.29 is 4.79 Å². The smallest absolute Gasteiger partial charge is 0.272 e. The van der Waals surface area contributed by atoms with Crippen LogP contribution in [0.2, 0.25) is 0 Å². The normalized spacial score (nSPS) is 10.6. The number of carbonyl (C=O) groups is 1. The lowest BCUT2D eigenvalue weighted by atomic mass is 10.3. The first-order valence-corrected chi connectivity index (χ1v) is 6.19. The van der Waals surface area contributed by atoms with Gasteiger partial charge in [0.1, 0.15) is 5.69 Å². The van der Waals surface area contributed by atoms with Crippen LogP contribution in [0, 0.1) is 12.3 Å². The summed E-state index contributed by atoms with van der Waals surface area (Å²) >= 11 is 1.56. The van der Waals surface area contributed by atoms with E-state index in [4.69, 9.17) is 6.42 Å². The number of amides is 1. The molecule has 1 aromatic carbocycles. The fourth-order valence-electron chi connectivity index (χ4n) is 1.78. The first-order chi connectivity index (χ1) is 8.79. The van der Waals surface area contributed by atoms with E-state index >= 15 is 0 Å². The highest BCUT2D eigenvalue weighted by Gasteiger charge is 2.13. The fraction of sp³-hybridized carbons (Fsp3) is 0.0769. The van der Waals surface area contributed by atoms with Gasteiger partial charge in [0.15, 0.2) is 4.96 Å². The molecule has 0 radical (unpaired) electrons. The third-order valence-corrected chi connectivity index (χ3v) is 3.62. The summed E-state index contributed by atoms with van der Waals surface area (Å²) in [6.45, 7) is 0.213. The molecule has 0 aliphatic rings. The minimum absolute atomic E-state index is 0.213. The second-order valence-corrected chi connectivity index (χ2v) is 4.74. The molecule has 2 aromatic heterocycles. The average Bonchev–Trinajstić information content (AvgIpc) is 2.93. The van der Waals surface area contributed by atoms with E-state index in [1.807, 2.05) is 28.7 Å². The molecule has 88 valence electrons. The molecule has 0 aliphatic carbocycles. The highest BCUT2D eigenvalue weighted by atomic mass is 32.1. The van der Waals surface area contributed by atoms with Crippen LogP contribution in [-0.2, 0) is 0 Å². The van der Waals surface area contributed by atoms with E-state index in [2.05, 4.69) is 16.2 Å². The number of nitrogens with one attached hydrogen (secondary N) is 1. The van der Waals surface area contributed by atoms with Gasteiger partial charge in [-0.2, -0.15) is 0 Å². The van der Waals surface area contributed by atoms with Gasteiger partial charge in [-0.05, 0) is 12.1 Å². The van der Waals surface area contributed by atoms with Gasteiger partial charge in [0.2, 0.25) is 0 Å². The van der Waals surface area contributed by atoms with Crippen molar-refractivity contribution in [2.24, 2.45) is 0 Å². The van der Waals surface area contributed by atoms with Crippen LogP contribution in [-0.4, -0.2) is 21.8 Å². The van der Waals surface area contributed by atoms with Crippen LogP contribution < -0.4 is 5.32 Å². The molecule has 1 N–H and O–H groups in total. The number of aromatic nitrogens is 2. The van der Waals surface area contributed by atoms with Crippen molar-refractivity contribution in [3.05, 3.63) is 36.2 Å². The van der Waals surface area contributed by atoms with Crippen LogP contribution in [0.25, 0.3) is 15.2 Å². The Morgan fingerprint density at radius 2 is 2.33 bits per heavy atom. The summed E-state index contributed by atoms with van der Waals surface area (Å²) in [5.41, 5.74) is 1.45. The predicted octanol–water partition coefficient (Wildman–Crippen LogP) is 1.91. The molecular weight excluding hydrogens is 246 g/mol. The molecule has 0 saturated carbocycles. The summed E-state index contributed by atoms with van der Waals surface area (Å²) in [4.78, 5) is 16.8. The van der Waals surface area contributed by atoms with Crippen LogP contribution in [0.1, 0.15) is 10.5 Å². The van der Waals surface area contributed by atoms with Crippen molar-refractivity contribution in [3.63, 3.8) is 0 Å². The van der Waals surface area contributed by atoms with Crippen molar-refractivity contribution in [1.29, 1.82) is 0 Å². The van der Waals surface area contributed by atoms with E-state index in [-0.39, 0.29) is 12.5 Å². The lowest BCUT2D eigenvalue weighted by Crippen LogP contribution is -2.23. The number of imidazole rings is 1. The fourth-order valence-corrected chi connectivity index (χ4v) is 2.79. The van der Waals surface area contributed by atoms with E-state index in [9.17, 15) is 4.79 Å². The van der Waals surface area contributed by atoms with Gasteiger partial charge in [0.25, 0.3) is 5.91 Å². The van der Waals surface area contributed by atoms with Crippen molar-refractivity contribution >= 4 is 32.4 Å². The van der Waals surface area contributed by atoms with E-state index in [1.165, 1.54) is 0 Å². The van der Waals surface area contributed by atoms with Gasteiger partial charge in [-0.15, -0.1) is 6.42 Å². The van der Waals surface area contributed by atoms with Crippen LogP contribution in [0.3, 0.4) is 0 Å².